The number of carboxylic acid groups (broad SMARTS) is 1. The highest BCUT2D eigenvalue weighted by Gasteiger charge is 2.31. The van der Waals surface area contributed by atoms with Crippen LogP contribution in [0.1, 0.15) is 24.4 Å². The van der Waals surface area contributed by atoms with Crippen molar-refractivity contribution < 1.29 is 32.5 Å². The van der Waals surface area contributed by atoms with E-state index in [0.29, 0.717) is 22.1 Å². The SMILES string of the molecule is Cc1cc(SCc2nnc(-c3ccc(OC(F)(F)F)cc3)s2)ccc1OC(C)(C)C(=O)O. The molecule has 0 fully saturated rings. The molecule has 0 saturated carbocycles. The Morgan fingerprint density at radius 3 is 2.38 bits per heavy atom. The molecular weight excluding hydrogens is 465 g/mol. The second-order valence-corrected chi connectivity index (χ2v) is 9.32. The molecule has 0 bridgehead atoms. The zero-order chi connectivity index (χ0) is 23.5. The Morgan fingerprint density at radius 1 is 1.09 bits per heavy atom. The van der Waals surface area contributed by atoms with Crippen LogP contribution >= 0.6 is 23.1 Å². The summed E-state index contributed by atoms with van der Waals surface area (Å²) in [6.45, 7) is 4.81. The molecule has 0 aliphatic heterocycles. The average Bonchev–Trinajstić information content (AvgIpc) is 3.16. The fourth-order valence-corrected chi connectivity index (χ4v) is 4.34. The van der Waals surface area contributed by atoms with Gasteiger partial charge >= 0.3 is 12.3 Å². The topological polar surface area (TPSA) is 81.5 Å². The summed E-state index contributed by atoms with van der Waals surface area (Å²) in [5.41, 5.74) is 0.120. The van der Waals surface area contributed by atoms with E-state index in [2.05, 4.69) is 14.9 Å². The highest BCUT2D eigenvalue weighted by Crippen LogP contribution is 2.33. The van der Waals surface area contributed by atoms with Gasteiger partial charge < -0.3 is 14.6 Å². The average molecular weight is 485 g/mol. The molecule has 2 aromatic carbocycles. The van der Waals surface area contributed by atoms with Crippen LogP contribution in [0.4, 0.5) is 13.2 Å². The predicted molar refractivity (Wildman–Crippen MR) is 115 cm³/mol. The van der Waals surface area contributed by atoms with Crippen LogP contribution in [0.25, 0.3) is 10.6 Å². The maximum Gasteiger partial charge on any atom is 0.573 e. The molecule has 3 aromatic rings. The third-order valence-corrected chi connectivity index (χ3v) is 6.35. The van der Waals surface area contributed by atoms with Crippen LogP contribution in [0.3, 0.4) is 0 Å². The Bertz CT molecular complexity index is 1100. The Morgan fingerprint density at radius 2 is 1.78 bits per heavy atom. The van der Waals surface area contributed by atoms with E-state index >= 15 is 0 Å². The van der Waals surface area contributed by atoms with Crippen LogP contribution < -0.4 is 9.47 Å². The van der Waals surface area contributed by atoms with Crippen LogP contribution in [0.2, 0.25) is 0 Å². The van der Waals surface area contributed by atoms with Gasteiger partial charge in [-0.3, -0.25) is 0 Å². The first kappa shape index (κ1) is 23.9. The molecule has 0 spiro atoms. The number of nitrogens with zero attached hydrogens (tertiary/aromatic N) is 2. The summed E-state index contributed by atoms with van der Waals surface area (Å²) in [6.07, 6.45) is -4.73. The van der Waals surface area contributed by atoms with Crippen LogP contribution in [0.15, 0.2) is 47.4 Å². The van der Waals surface area contributed by atoms with E-state index < -0.39 is 17.9 Å². The molecule has 6 nitrogen and oxygen atoms in total. The van der Waals surface area contributed by atoms with Crippen LogP contribution in [0, 0.1) is 6.92 Å². The van der Waals surface area contributed by atoms with Crippen molar-refractivity contribution in [2.45, 2.75) is 43.4 Å². The Hall–Kier alpha value is -2.79. The van der Waals surface area contributed by atoms with Crippen molar-refractivity contribution in [3.8, 4) is 22.1 Å². The molecule has 170 valence electrons. The number of hydrogen-bond acceptors (Lipinski definition) is 7. The molecule has 32 heavy (non-hydrogen) atoms. The molecule has 1 N–H and O–H groups in total. The maximum atomic E-state index is 12.3. The highest BCUT2D eigenvalue weighted by molar-refractivity contribution is 7.98. The van der Waals surface area contributed by atoms with Gasteiger partial charge in [0.25, 0.3) is 0 Å². The van der Waals surface area contributed by atoms with Gasteiger partial charge in [0.1, 0.15) is 21.5 Å². The Kier molecular flexibility index (Phi) is 6.99. The second-order valence-electron chi connectivity index (χ2n) is 7.21. The number of ether oxygens (including phenoxy) is 2. The first-order valence-corrected chi connectivity index (χ1v) is 11.1. The molecule has 0 amide bonds. The van der Waals surface area contributed by atoms with Gasteiger partial charge in [0, 0.05) is 10.5 Å². The molecule has 0 atom stereocenters. The molecule has 1 heterocycles. The van der Waals surface area contributed by atoms with E-state index in [4.69, 9.17) is 4.74 Å². The van der Waals surface area contributed by atoms with E-state index in [1.807, 2.05) is 19.1 Å². The minimum absolute atomic E-state index is 0.295. The van der Waals surface area contributed by atoms with Crippen molar-refractivity contribution in [1.29, 1.82) is 0 Å². The normalized spacial score (nSPS) is 11.9. The van der Waals surface area contributed by atoms with E-state index in [-0.39, 0.29) is 5.75 Å². The van der Waals surface area contributed by atoms with E-state index in [9.17, 15) is 23.1 Å². The molecule has 0 unspecified atom stereocenters. The molecule has 1 aromatic heterocycles. The minimum Gasteiger partial charge on any atom is -0.478 e. The first-order chi connectivity index (χ1) is 14.9. The summed E-state index contributed by atoms with van der Waals surface area (Å²) in [4.78, 5) is 12.2. The van der Waals surface area contributed by atoms with Crippen molar-refractivity contribution >= 4 is 29.1 Å². The third-order valence-electron chi connectivity index (χ3n) is 4.19. The van der Waals surface area contributed by atoms with Gasteiger partial charge in [0.15, 0.2) is 5.60 Å². The van der Waals surface area contributed by atoms with Gasteiger partial charge in [-0.1, -0.05) is 11.3 Å². The largest absolute Gasteiger partial charge is 0.573 e. The summed E-state index contributed by atoms with van der Waals surface area (Å²) < 4.78 is 46.3. The number of aromatic nitrogens is 2. The molecule has 0 saturated heterocycles. The number of aliphatic carboxylic acids is 1. The molecule has 0 aliphatic carbocycles. The van der Waals surface area contributed by atoms with Gasteiger partial charge in [-0.05, 0) is 68.8 Å². The Labute approximate surface area is 190 Å². The number of benzene rings is 2. The van der Waals surface area contributed by atoms with Crippen LogP contribution in [-0.4, -0.2) is 33.2 Å². The van der Waals surface area contributed by atoms with E-state index in [1.54, 1.807) is 6.07 Å². The van der Waals surface area contributed by atoms with Crippen LogP contribution in [0.5, 0.6) is 11.5 Å². The monoisotopic (exact) mass is 484 g/mol. The van der Waals surface area contributed by atoms with Crippen molar-refractivity contribution in [1.82, 2.24) is 10.2 Å². The standard InChI is InChI=1S/C21H19F3N2O4S2/c1-12-10-15(8-9-16(12)30-20(2,3)19(27)28)31-11-17-25-26-18(32-17)13-4-6-14(7-5-13)29-21(22,23)24/h4-10H,11H2,1-3H3,(H,27,28). The Balaban J connectivity index is 1.62. The number of carboxylic acids is 1. The molecule has 0 aliphatic rings. The summed E-state index contributed by atoms with van der Waals surface area (Å²) in [7, 11) is 0. The minimum atomic E-state index is -4.73. The summed E-state index contributed by atoms with van der Waals surface area (Å²) >= 11 is 2.88. The van der Waals surface area contributed by atoms with Gasteiger partial charge in [0.2, 0.25) is 0 Å². The number of carbonyl (C=O) groups is 1. The van der Waals surface area contributed by atoms with Crippen molar-refractivity contribution in [2.75, 3.05) is 0 Å². The quantitative estimate of drug-likeness (QED) is 0.396. The lowest BCUT2D eigenvalue weighted by Crippen LogP contribution is -2.38. The van der Waals surface area contributed by atoms with Gasteiger partial charge in [0.05, 0.1) is 5.75 Å². The predicted octanol–water partition coefficient (Wildman–Crippen LogP) is 5.95. The second kappa shape index (κ2) is 9.37. The molecular formula is C21H19F3N2O4S2. The highest BCUT2D eigenvalue weighted by atomic mass is 32.2. The zero-order valence-electron chi connectivity index (χ0n) is 17.3. The van der Waals surface area contributed by atoms with Gasteiger partial charge in [-0.25, -0.2) is 4.79 Å². The number of aryl methyl sites for hydroxylation is 1. The maximum absolute atomic E-state index is 12.3. The van der Waals surface area contributed by atoms with Gasteiger partial charge in [-0.15, -0.1) is 35.1 Å². The van der Waals surface area contributed by atoms with E-state index in [0.717, 1.165) is 15.5 Å². The van der Waals surface area contributed by atoms with E-state index in [1.165, 1.54) is 61.2 Å². The molecule has 3 rings (SSSR count). The summed E-state index contributed by atoms with van der Waals surface area (Å²) in [6, 6.07) is 10.9. The number of hydrogen-bond donors (Lipinski definition) is 1. The number of alkyl halides is 3. The number of halogens is 3. The van der Waals surface area contributed by atoms with Crippen molar-refractivity contribution in [3.63, 3.8) is 0 Å². The molecule has 11 heteroatoms. The third kappa shape index (κ3) is 6.36. The fraction of sp³-hybridized carbons (Fsp3) is 0.286. The summed E-state index contributed by atoms with van der Waals surface area (Å²) in [5, 5.41) is 18.8. The number of thioether (sulfide) groups is 1. The summed E-state index contributed by atoms with van der Waals surface area (Å²) in [5.74, 6) is -0.299. The lowest BCUT2D eigenvalue weighted by atomic mass is 10.1. The van der Waals surface area contributed by atoms with Crippen LogP contribution in [-0.2, 0) is 10.5 Å². The van der Waals surface area contributed by atoms with Crippen molar-refractivity contribution in [3.05, 3.63) is 53.0 Å². The fourth-order valence-electron chi connectivity index (χ4n) is 2.52. The molecule has 0 radical (unpaired) electrons. The first-order valence-electron chi connectivity index (χ1n) is 9.27. The van der Waals surface area contributed by atoms with Gasteiger partial charge in [-0.2, -0.15) is 0 Å². The lowest BCUT2D eigenvalue weighted by Gasteiger charge is -2.22. The smallest absolute Gasteiger partial charge is 0.478 e. The van der Waals surface area contributed by atoms with Crippen molar-refractivity contribution in [2.24, 2.45) is 0 Å². The zero-order valence-corrected chi connectivity index (χ0v) is 18.9. The number of rotatable bonds is 8. The lowest BCUT2D eigenvalue weighted by molar-refractivity contribution is -0.274.